The highest BCUT2D eigenvalue weighted by Crippen LogP contribution is 2.21. The Labute approximate surface area is 156 Å². The average Bonchev–Trinajstić information content (AvgIpc) is 2.62. The lowest BCUT2D eigenvalue weighted by molar-refractivity contribution is -0.145. The van der Waals surface area contributed by atoms with Gasteiger partial charge in [0.2, 0.25) is 0 Å². The van der Waals surface area contributed by atoms with Crippen molar-refractivity contribution in [3.05, 3.63) is 54.6 Å². The summed E-state index contributed by atoms with van der Waals surface area (Å²) in [5.74, 6) is -0.486. The van der Waals surface area contributed by atoms with Crippen molar-refractivity contribution in [1.82, 2.24) is 0 Å². The quantitative estimate of drug-likeness (QED) is 0.416. The van der Waals surface area contributed by atoms with Crippen LogP contribution in [-0.4, -0.2) is 30.1 Å². The van der Waals surface area contributed by atoms with Crippen molar-refractivity contribution in [3.8, 4) is 0 Å². The predicted molar refractivity (Wildman–Crippen MR) is 103 cm³/mol. The summed E-state index contributed by atoms with van der Waals surface area (Å²) in [6, 6.07) is 15.9. The minimum Gasteiger partial charge on any atom is -0.466 e. The SMILES string of the molecule is CCOC(=O)CC(=O)CSc1ccc(NC(=O)Nc2ccccc2)cc1. The first-order chi connectivity index (χ1) is 12.6. The molecule has 2 amide bonds. The molecule has 0 spiro atoms. The minimum absolute atomic E-state index is 0.183. The van der Waals surface area contributed by atoms with Gasteiger partial charge >= 0.3 is 12.0 Å². The number of hydrogen-bond donors (Lipinski definition) is 2. The molecule has 2 N–H and O–H groups in total. The summed E-state index contributed by atoms with van der Waals surface area (Å²) in [6.07, 6.45) is -0.208. The fourth-order valence-corrected chi connectivity index (χ4v) is 2.80. The molecule has 136 valence electrons. The summed E-state index contributed by atoms with van der Waals surface area (Å²) < 4.78 is 4.74. The number of carbonyl (C=O) groups excluding carboxylic acids is 3. The number of Topliss-reactive ketones (excluding diaryl/α,β-unsaturated/α-hetero) is 1. The maximum Gasteiger partial charge on any atom is 0.323 e. The lowest BCUT2D eigenvalue weighted by atomic mass is 10.3. The van der Waals surface area contributed by atoms with E-state index in [9.17, 15) is 14.4 Å². The molecule has 0 aliphatic rings. The molecular formula is C19H20N2O4S. The summed E-state index contributed by atoms with van der Waals surface area (Å²) in [6.45, 7) is 1.97. The number of benzene rings is 2. The predicted octanol–water partition coefficient (Wildman–Crippen LogP) is 3.95. The summed E-state index contributed by atoms with van der Waals surface area (Å²) in [7, 11) is 0. The molecule has 0 bridgehead atoms. The van der Waals surface area contributed by atoms with Crippen LogP contribution < -0.4 is 10.6 Å². The molecule has 0 heterocycles. The Morgan fingerprint density at radius 1 is 0.923 bits per heavy atom. The highest BCUT2D eigenvalue weighted by molar-refractivity contribution is 8.00. The number of esters is 1. The van der Waals surface area contributed by atoms with Crippen molar-refractivity contribution in [1.29, 1.82) is 0 Å². The Morgan fingerprint density at radius 3 is 2.15 bits per heavy atom. The maximum atomic E-state index is 11.9. The second-order valence-electron chi connectivity index (χ2n) is 5.28. The van der Waals surface area contributed by atoms with Gasteiger partial charge in [0.05, 0.1) is 12.4 Å². The molecule has 2 rings (SSSR count). The van der Waals surface area contributed by atoms with Gasteiger partial charge in [0.15, 0.2) is 5.78 Å². The molecule has 6 nitrogen and oxygen atoms in total. The Morgan fingerprint density at radius 2 is 1.54 bits per heavy atom. The molecular weight excluding hydrogens is 352 g/mol. The van der Waals surface area contributed by atoms with Crippen molar-refractivity contribution < 1.29 is 19.1 Å². The van der Waals surface area contributed by atoms with Gasteiger partial charge in [-0.05, 0) is 43.3 Å². The number of hydrogen-bond acceptors (Lipinski definition) is 5. The first kappa shape index (κ1) is 19.5. The van der Waals surface area contributed by atoms with E-state index in [1.165, 1.54) is 11.8 Å². The van der Waals surface area contributed by atoms with Crippen LogP contribution in [0.3, 0.4) is 0 Å². The van der Waals surface area contributed by atoms with E-state index in [-0.39, 0.29) is 30.6 Å². The van der Waals surface area contributed by atoms with Crippen LogP contribution >= 0.6 is 11.8 Å². The van der Waals surface area contributed by atoms with Gasteiger partial charge in [0.1, 0.15) is 6.42 Å². The molecule has 7 heteroatoms. The molecule has 26 heavy (non-hydrogen) atoms. The summed E-state index contributed by atoms with van der Waals surface area (Å²) in [5, 5.41) is 5.47. The first-order valence-electron chi connectivity index (χ1n) is 8.10. The lowest BCUT2D eigenvalue weighted by Crippen LogP contribution is -2.19. The minimum atomic E-state index is -0.498. The molecule has 0 unspecified atom stereocenters. The first-order valence-corrected chi connectivity index (χ1v) is 9.08. The zero-order valence-corrected chi connectivity index (χ0v) is 15.2. The normalized spacial score (nSPS) is 10.0. The van der Waals surface area contributed by atoms with E-state index < -0.39 is 5.97 Å². The van der Waals surface area contributed by atoms with Crippen molar-refractivity contribution >= 4 is 40.9 Å². The molecule has 0 saturated heterocycles. The van der Waals surface area contributed by atoms with E-state index in [2.05, 4.69) is 10.6 Å². The molecule has 0 atom stereocenters. The van der Waals surface area contributed by atoms with Gasteiger partial charge in [0.25, 0.3) is 0 Å². The molecule has 0 aliphatic carbocycles. The van der Waals surface area contributed by atoms with Crippen LogP contribution in [0.5, 0.6) is 0 Å². The highest BCUT2D eigenvalue weighted by atomic mass is 32.2. The largest absolute Gasteiger partial charge is 0.466 e. The molecule has 0 fully saturated rings. The Bertz CT molecular complexity index is 748. The van der Waals surface area contributed by atoms with E-state index >= 15 is 0 Å². The number of urea groups is 1. The van der Waals surface area contributed by atoms with E-state index in [0.717, 1.165) is 4.90 Å². The Hall–Kier alpha value is -2.80. The smallest absolute Gasteiger partial charge is 0.323 e. The fourth-order valence-electron chi connectivity index (χ4n) is 2.04. The van der Waals surface area contributed by atoms with Gasteiger partial charge in [-0.1, -0.05) is 18.2 Å². The number of amides is 2. The molecule has 2 aromatic carbocycles. The molecule has 0 aromatic heterocycles. The third kappa shape index (κ3) is 6.98. The van der Waals surface area contributed by atoms with Gasteiger partial charge < -0.3 is 15.4 Å². The van der Waals surface area contributed by atoms with Gasteiger partial charge in [-0.3, -0.25) is 9.59 Å². The van der Waals surface area contributed by atoms with Crippen LogP contribution in [0.15, 0.2) is 59.5 Å². The Kier molecular flexibility index (Phi) is 7.70. The number of anilines is 2. The molecule has 2 aromatic rings. The third-order valence-corrected chi connectivity index (χ3v) is 4.26. The van der Waals surface area contributed by atoms with Crippen LogP contribution in [-0.2, 0) is 14.3 Å². The van der Waals surface area contributed by atoms with E-state index in [4.69, 9.17) is 4.74 Å². The number of thioether (sulfide) groups is 1. The standard InChI is InChI=1S/C19H20N2O4S/c1-2-25-18(23)12-16(22)13-26-17-10-8-15(9-11-17)21-19(24)20-14-6-4-3-5-7-14/h3-11H,2,12-13H2,1H3,(H2,20,21,24). The fraction of sp³-hybridized carbons (Fsp3) is 0.211. The number of nitrogens with one attached hydrogen (secondary N) is 2. The highest BCUT2D eigenvalue weighted by Gasteiger charge is 2.10. The van der Waals surface area contributed by atoms with Crippen molar-refractivity contribution in [2.24, 2.45) is 0 Å². The van der Waals surface area contributed by atoms with Crippen LogP contribution in [0.2, 0.25) is 0 Å². The molecule has 0 radical (unpaired) electrons. The van der Waals surface area contributed by atoms with Crippen molar-refractivity contribution in [2.45, 2.75) is 18.2 Å². The average molecular weight is 372 g/mol. The second-order valence-corrected chi connectivity index (χ2v) is 6.33. The van der Waals surface area contributed by atoms with E-state index in [1.54, 1.807) is 43.3 Å². The zero-order chi connectivity index (χ0) is 18.8. The van der Waals surface area contributed by atoms with Crippen LogP contribution in [0.1, 0.15) is 13.3 Å². The van der Waals surface area contributed by atoms with Gasteiger partial charge in [0, 0.05) is 16.3 Å². The van der Waals surface area contributed by atoms with Crippen LogP contribution in [0, 0.1) is 0 Å². The Balaban J connectivity index is 1.78. The summed E-state index contributed by atoms with van der Waals surface area (Å²) in [4.78, 5) is 35.7. The topological polar surface area (TPSA) is 84.5 Å². The second kappa shape index (κ2) is 10.2. The molecule has 0 saturated carbocycles. The van der Waals surface area contributed by atoms with E-state index in [1.807, 2.05) is 18.2 Å². The summed E-state index contributed by atoms with van der Waals surface area (Å²) >= 11 is 1.33. The number of ketones is 1. The monoisotopic (exact) mass is 372 g/mol. The number of para-hydroxylation sites is 1. The van der Waals surface area contributed by atoms with Crippen molar-refractivity contribution in [3.63, 3.8) is 0 Å². The van der Waals surface area contributed by atoms with E-state index in [0.29, 0.717) is 11.4 Å². The van der Waals surface area contributed by atoms with Gasteiger partial charge in [-0.25, -0.2) is 4.79 Å². The maximum absolute atomic E-state index is 11.9. The van der Waals surface area contributed by atoms with Crippen LogP contribution in [0.4, 0.5) is 16.2 Å². The number of ether oxygens (including phenoxy) is 1. The third-order valence-electron chi connectivity index (χ3n) is 3.19. The number of rotatable bonds is 8. The zero-order valence-electron chi connectivity index (χ0n) is 14.4. The summed E-state index contributed by atoms with van der Waals surface area (Å²) in [5.41, 5.74) is 1.35. The number of carbonyl (C=O) groups is 3. The van der Waals surface area contributed by atoms with Crippen LogP contribution in [0.25, 0.3) is 0 Å². The molecule has 0 aliphatic heterocycles. The van der Waals surface area contributed by atoms with Crippen molar-refractivity contribution in [2.75, 3.05) is 23.0 Å². The van der Waals surface area contributed by atoms with Gasteiger partial charge in [-0.2, -0.15) is 0 Å². The lowest BCUT2D eigenvalue weighted by Gasteiger charge is -2.08. The van der Waals surface area contributed by atoms with Gasteiger partial charge in [-0.15, -0.1) is 11.8 Å².